The number of hydrogen-bond acceptors (Lipinski definition) is 12. The quantitative estimate of drug-likeness (QED) is 0.222. The van der Waals surface area contributed by atoms with Crippen LogP contribution in [0.1, 0.15) is 319 Å². The van der Waals surface area contributed by atoms with E-state index in [1.54, 1.807) is 5.57 Å². The standard InChI is InChI=1S/C22H34O2.C21H34O3.C21H32O3.C21H32O2.C18H26O2/c1-14-4-5-16-17-6-8-21(3)20(7-9-22(21)23-10-11-24-22)19(17)13-15(2)18(16)12-14;2*1-13-3-4-14-15-5-7-20(2)18(6-8-21(20)23-9-10-24-21)16(15)12-19(22)17(14)11-13;1-14-3-5-16-15(13-14)4-6-18-17(16)7-9-20(2)19(18)8-10-21(20)22-11-12-23-21;1-18-9-8-14-13-5-3-12(19)10-11(13)2-4-15(14)16(18)6-7-17(18)20/h14,16-20H,2,4-13H2,1,3H3;13-19,22H,3-12H2,1-2H3;13-18H,3-12H2,1-2H3;4,14,16-19H,3,5-13H2,1-2H3;2,12-16,19H,3-10H2,1H3/t14-,16+,17+,18+,19+,20-,21-;13-,14+,15+,16+,17-,18-,19-,20-;13-,14+,15+,16+,17-,18-,20-;14-,16-,17+,18+,19-,20-;12-,13-,14+,15+,16-,18-/m00000/s1. The van der Waals surface area contributed by atoms with E-state index in [0.29, 0.717) is 58.9 Å². The number of carbonyl (C=O) groups is 2. The van der Waals surface area contributed by atoms with Crippen molar-refractivity contribution in [1.82, 2.24) is 0 Å². The van der Waals surface area contributed by atoms with E-state index in [-0.39, 0.29) is 62.4 Å². The van der Waals surface area contributed by atoms with E-state index < -0.39 is 0 Å². The Balaban J connectivity index is 0.0000000931. The number of hydrogen-bond donors (Lipinski definition) is 2. The molecule has 18 saturated carbocycles. The molecule has 4 aliphatic heterocycles. The van der Waals surface area contributed by atoms with E-state index >= 15 is 0 Å². The number of allylic oxidation sites excluding steroid dienone is 4. The minimum absolute atomic E-state index is 0.000685. The average Bonchev–Trinajstić information content (AvgIpc) is 1.56. The van der Waals surface area contributed by atoms with Crippen molar-refractivity contribution in [2.45, 2.75) is 355 Å². The highest BCUT2D eigenvalue weighted by Gasteiger charge is 2.72. The van der Waals surface area contributed by atoms with E-state index in [1.165, 1.54) is 179 Å². The van der Waals surface area contributed by atoms with Gasteiger partial charge in [-0.1, -0.05) is 117 Å². The molecule has 20 aliphatic carbocycles. The first kappa shape index (κ1) is 81.5. The maximum Gasteiger partial charge on any atom is 0.174 e. The number of ketones is 2. The lowest BCUT2D eigenvalue weighted by atomic mass is 9.49. The first-order valence-corrected chi connectivity index (χ1v) is 49.9. The Morgan fingerprint density at radius 2 is 0.704 bits per heavy atom. The van der Waals surface area contributed by atoms with Crippen LogP contribution in [-0.4, -0.2) is 110 Å². The summed E-state index contributed by atoms with van der Waals surface area (Å²) in [4.78, 5) is 25.3. The molecule has 12 nitrogen and oxygen atoms in total. The molecule has 4 heterocycles. The zero-order valence-corrected chi connectivity index (χ0v) is 73.5. The van der Waals surface area contributed by atoms with Crippen LogP contribution in [0, 0.1) is 187 Å². The Kier molecular flexibility index (Phi) is 21.8. The highest BCUT2D eigenvalue weighted by atomic mass is 16.8. The topological polar surface area (TPSA) is 148 Å². The van der Waals surface area contributed by atoms with E-state index in [2.05, 4.69) is 81.0 Å². The second kappa shape index (κ2) is 30.8. The molecule has 0 aromatic heterocycles. The van der Waals surface area contributed by atoms with Crippen LogP contribution in [0.25, 0.3) is 0 Å². The zero-order valence-electron chi connectivity index (χ0n) is 73.5. The van der Waals surface area contributed by atoms with Gasteiger partial charge in [-0.05, 0) is 353 Å². The summed E-state index contributed by atoms with van der Waals surface area (Å²) >= 11 is 0. The molecule has 12 heteroatoms. The number of aliphatic hydroxyl groups is 2. The van der Waals surface area contributed by atoms with Gasteiger partial charge in [-0.3, -0.25) is 9.59 Å². The Hall–Kier alpha value is -1.84. The van der Waals surface area contributed by atoms with Gasteiger partial charge in [-0.15, -0.1) is 0 Å². The molecule has 0 unspecified atom stereocenters. The van der Waals surface area contributed by atoms with Crippen LogP contribution in [-0.2, 0) is 47.5 Å². The fraction of sp³-hybridized carbons (Fsp3) is 0.922. The molecule has 4 spiro atoms. The van der Waals surface area contributed by atoms with Gasteiger partial charge >= 0.3 is 0 Å². The van der Waals surface area contributed by atoms with E-state index in [1.807, 2.05) is 5.57 Å². The van der Waals surface area contributed by atoms with Crippen molar-refractivity contribution in [3.63, 3.8) is 0 Å². The fourth-order valence-corrected chi connectivity index (χ4v) is 36.9. The Morgan fingerprint density at radius 1 is 0.322 bits per heavy atom. The third-order valence-corrected chi connectivity index (χ3v) is 42.6. The summed E-state index contributed by atoms with van der Waals surface area (Å²) in [5.74, 6) is 20.9. The summed E-state index contributed by atoms with van der Waals surface area (Å²) in [6.07, 6.45) is 54.2. The van der Waals surface area contributed by atoms with Gasteiger partial charge < -0.3 is 48.1 Å². The van der Waals surface area contributed by atoms with Crippen LogP contribution in [0.3, 0.4) is 0 Å². The predicted octanol–water partition coefficient (Wildman–Crippen LogP) is 21.8. The molecule has 0 amide bonds. The lowest BCUT2D eigenvalue weighted by Gasteiger charge is -2.58. The molecule has 0 radical (unpaired) electrons. The Labute approximate surface area is 695 Å². The van der Waals surface area contributed by atoms with Crippen molar-refractivity contribution in [2.24, 2.45) is 187 Å². The molecular weight excluding hydrogens is 1430 g/mol. The molecule has 22 fully saturated rings. The number of ether oxygens (including phenoxy) is 8. The molecule has 115 heavy (non-hydrogen) atoms. The SMILES string of the molecule is C=C1C[C@@H]2[C@H](CC[C@@]3(C)[C@H]2CCC32OCCO2)[C@H]2CC[C@H](C)C[C@H]12.C[C@H]1CC[C@@H]2[C@H]3CC[C@@]4(C)[C@@H](CCC45OCCO5)[C@@H]3CC(=O)[C@H]2C1.C[C@H]1CC[C@@H]2[C@H]3CC[C@@]4(C)[C@@H](CCC45OCCO5)[C@@H]3C[C@H](O)[C@H]2C1.C[C@H]1CC[C@H]2C(=CC[C@@H]3[C@@H]2CC[C@@]2(C)[C@H]3CCC23OCCO3)C1.C[C@]12CC[C@H]3[C@@H](CC=C4C[C@@H](O)CC[C@@H]43)[C@@H]1CCC2=O. The van der Waals surface area contributed by atoms with Gasteiger partial charge in [-0.2, -0.15) is 0 Å². The summed E-state index contributed by atoms with van der Waals surface area (Å²) in [6, 6.07) is 0. The number of Topliss-reactive ketones (excluding diaryl/α,β-unsaturated/α-hetero) is 2. The van der Waals surface area contributed by atoms with E-state index in [4.69, 9.17) is 37.9 Å². The van der Waals surface area contributed by atoms with E-state index in [0.717, 1.165) is 249 Å². The monoisotopic (exact) mass is 1590 g/mol. The zero-order chi connectivity index (χ0) is 79.1. The largest absolute Gasteiger partial charge is 0.393 e. The first-order chi connectivity index (χ1) is 55.3. The lowest BCUT2D eigenvalue weighted by Crippen LogP contribution is -2.56. The molecule has 0 aromatic rings. The fourth-order valence-electron chi connectivity index (χ4n) is 36.9. The number of carbonyl (C=O) groups excluding carboxylic acids is 2. The highest BCUT2D eigenvalue weighted by Crippen LogP contribution is 2.73. The summed E-state index contributed by atoms with van der Waals surface area (Å²) in [6.45, 7) is 32.5. The third-order valence-electron chi connectivity index (χ3n) is 42.6. The molecule has 24 rings (SSSR count). The van der Waals surface area contributed by atoms with Gasteiger partial charge in [0.15, 0.2) is 23.1 Å². The van der Waals surface area contributed by atoms with Gasteiger partial charge in [0, 0.05) is 71.5 Å². The minimum Gasteiger partial charge on any atom is -0.393 e. The van der Waals surface area contributed by atoms with Crippen molar-refractivity contribution < 1.29 is 57.7 Å². The van der Waals surface area contributed by atoms with Crippen LogP contribution in [0.4, 0.5) is 0 Å². The molecule has 642 valence electrons. The highest BCUT2D eigenvalue weighted by molar-refractivity contribution is 5.87. The van der Waals surface area contributed by atoms with Gasteiger partial charge in [0.1, 0.15) is 11.6 Å². The van der Waals surface area contributed by atoms with Crippen molar-refractivity contribution >= 4 is 11.6 Å². The van der Waals surface area contributed by atoms with Gasteiger partial charge in [-0.25, -0.2) is 0 Å². The van der Waals surface area contributed by atoms with Crippen LogP contribution in [0.5, 0.6) is 0 Å². The van der Waals surface area contributed by atoms with Gasteiger partial charge in [0.25, 0.3) is 0 Å². The third kappa shape index (κ3) is 13.0. The minimum atomic E-state index is -0.330. The molecular formula is C103H158O12. The second-order valence-corrected chi connectivity index (χ2v) is 46.9. The molecule has 34 atom stereocenters. The number of fused-ring (bicyclic) bond motifs is 29. The van der Waals surface area contributed by atoms with E-state index in [9.17, 15) is 19.8 Å². The first-order valence-electron chi connectivity index (χ1n) is 49.9. The van der Waals surface area contributed by atoms with Crippen molar-refractivity contribution in [3.8, 4) is 0 Å². The van der Waals surface area contributed by atoms with Crippen LogP contribution in [0.2, 0.25) is 0 Å². The second-order valence-electron chi connectivity index (χ2n) is 46.9. The molecule has 0 aromatic carbocycles. The van der Waals surface area contributed by atoms with Crippen LogP contribution >= 0.6 is 0 Å². The predicted molar refractivity (Wildman–Crippen MR) is 448 cm³/mol. The summed E-state index contributed by atoms with van der Waals surface area (Å²) in [5.41, 5.74) is 5.75. The normalized spacial score (nSPS) is 52.8. The summed E-state index contributed by atoms with van der Waals surface area (Å²) < 4.78 is 49.8. The van der Waals surface area contributed by atoms with Crippen molar-refractivity contribution in [3.05, 3.63) is 35.5 Å². The number of rotatable bonds is 0. The average molecular weight is 1590 g/mol. The summed E-state index contributed by atoms with van der Waals surface area (Å²) in [7, 11) is 0. The lowest BCUT2D eigenvalue weighted by molar-refractivity contribution is -0.246. The Bertz CT molecular complexity index is 3530. The molecule has 24 aliphatic rings. The van der Waals surface area contributed by atoms with Crippen molar-refractivity contribution in [1.29, 1.82) is 0 Å². The molecule has 4 saturated heterocycles. The van der Waals surface area contributed by atoms with Crippen molar-refractivity contribution in [2.75, 3.05) is 52.9 Å². The maximum absolute atomic E-state index is 13.0. The smallest absolute Gasteiger partial charge is 0.174 e. The van der Waals surface area contributed by atoms with Crippen LogP contribution in [0.15, 0.2) is 35.5 Å². The van der Waals surface area contributed by atoms with Crippen LogP contribution < -0.4 is 0 Å². The summed E-state index contributed by atoms with van der Waals surface area (Å²) in [5, 5.41) is 20.8. The Morgan fingerprint density at radius 3 is 1.23 bits per heavy atom. The molecule has 2 N–H and O–H groups in total. The molecule has 0 bridgehead atoms. The van der Waals surface area contributed by atoms with Gasteiger partial charge in [0.05, 0.1) is 65.1 Å². The van der Waals surface area contributed by atoms with Gasteiger partial charge in [0.2, 0.25) is 0 Å². The maximum atomic E-state index is 13.0. The number of aliphatic hydroxyl groups excluding tert-OH is 2.